The van der Waals surface area contributed by atoms with Crippen LogP contribution in [0.15, 0.2) is 12.1 Å². The maximum atomic E-state index is 8.70. The standard InChI is InChI=1S/C10H9ClN2O2/c11-10-4-9(3-7(5-12)13-10)15-8-1-2-14-6-8/h3-4,8H,1-2,6H2/t8-/m0/s1. The van der Waals surface area contributed by atoms with Crippen molar-refractivity contribution in [2.45, 2.75) is 12.5 Å². The van der Waals surface area contributed by atoms with Crippen LogP contribution in [-0.2, 0) is 4.74 Å². The molecule has 0 aliphatic carbocycles. The van der Waals surface area contributed by atoms with Crippen LogP contribution in [0.3, 0.4) is 0 Å². The van der Waals surface area contributed by atoms with Gasteiger partial charge in [0.25, 0.3) is 0 Å². The molecule has 0 amide bonds. The largest absolute Gasteiger partial charge is 0.488 e. The Bertz CT molecular complexity index is 397. The van der Waals surface area contributed by atoms with E-state index in [0.717, 1.165) is 6.42 Å². The number of nitrogens with zero attached hydrogens (tertiary/aromatic N) is 2. The van der Waals surface area contributed by atoms with E-state index in [0.29, 0.717) is 19.0 Å². The van der Waals surface area contributed by atoms with E-state index in [1.165, 1.54) is 0 Å². The summed E-state index contributed by atoms with van der Waals surface area (Å²) in [4.78, 5) is 3.82. The molecule has 2 rings (SSSR count). The van der Waals surface area contributed by atoms with Crippen molar-refractivity contribution in [3.8, 4) is 11.8 Å². The average molecular weight is 225 g/mol. The van der Waals surface area contributed by atoms with Crippen molar-refractivity contribution in [1.82, 2.24) is 4.98 Å². The summed E-state index contributed by atoms with van der Waals surface area (Å²) in [6.45, 7) is 1.30. The van der Waals surface area contributed by atoms with Gasteiger partial charge in [-0.2, -0.15) is 5.26 Å². The second-order valence-electron chi connectivity index (χ2n) is 3.23. The van der Waals surface area contributed by atoms with Gasteiger partial charge in [-0.25, -0.2) is 4.98 Å². The first-order valence-corrected chi connectivity index (χ1v) is 4.98. The quantitative estimate of drug-likeness (QED) is 0.719. The zero-order valence-corrected chi connectivity index (χ0v) is 8.70. The number of rotatable bonds is 2. The van der Waals surface area contributed by atoms with Crippen LogP contribution < -0.4 is 4.74 Å². The second-order valence-corrected chi connectivity index (χ2v) is 3.61. The van der Waals surface area contributed by atoms with Crippen LogP contribution in [0.2, 0.25) is 5.15 Å². The monoisotopic (exact) mass is 224 g/mol. The minimum Gasteiger partial charge on any atom is -0.488 e. The van der Waals surface area contributed by atoms with Gasteiger partial charge in [-0.05, 0) is 0 Å². The van der Waals surface area contributed by atoms with Gasteiger partial charge >= 0.3 is 0 Å². The van der Waals surface area contributed by atoms with Crippen LogP contribution in [0.5, 0.6) is 5.75 Å². The molecule has 0 radical (unpaired) electrons. The number of hydrogen-bond acceptors (Lipinski definition) is 4. The Labute approximate surface area is 92.4 Å². The summed E-state index contributed by atoms with van der Waals surface area (Å²) in [5.74, 6) is 0.571. The van der Waals surface area contributed by atoms with Crippen LogP contribution in [-0.4, -0.2) is 24.3 Å². The molecule has 0 unspecified atom stereocenters. The molecule has 1 aromatic heterocycles. The van der Waals surface area contributed by atoms with E-state index in [9.17, 15) is 0 Å². The molecule has 1 aliphatic heterocycles. The summed E-state index contributed by atoms with van der Waals surface area (Å²) < 4.78 is 10.8. The summed E-state index contributed by atoms with van der Waals surface area (Å²) in [5.41, 5.74) is 0.261. The summed E-state index contributed by atoms with van der Waals surface area (Å²) in [6, 6.07) is 5.10. The zero-order valence-electron chi connectivity index (χ0n) is 7.94. The lowest BCUT2D eigenvalue weighted by molar-refractivity contribution is 0.141. The number of halogens is 1. The Hall–Kier alpha value is -1.31. The Morgan fingerprint density at radius 1 is 1.60 bits per heavy atom. The van der Waals surface area contributed by atoms with Gasteiger partial charge in [0.15, 0.2) is 0 Å². The normalized spacial score (nSPS) is 19.9. The highest BCUT2D eigenvalue weighted by Crippen LogP contribution is 2.20. The van der Waals surface area contributed by atoms with Gasteiger partial charge < -0.3 is 9.47 Å². The smallest absolute Gasteiger partial charge is 0.145 e. The number of aromatic nitrogens is 1. The molecule has 4 nitrogen and oxygen atoms in total. The van der Waals surface area contributed by atoms with Crippen molar-refractivity contribution >= 4 is 11.6 Å². The molecular formula is C10H9ClN2O2. The number of nitriles is 1. The molecule has 1 aliphatic rings. The predicted octanol–water partition coefficient (Wildman–Crippen LogP) is 1.77. The van der Waals surface area contributed by atoms with Crippen LogP contribution in [0, 0.1) is 11.3 Å². The first-order valence-electron chi connectivity index (χ1n) is 4.60. The number of ether oxygens (including phenoxy) is 2. The highest BCUT2D eigenvalue weighted by Gasteiger charge is 2.17. The van der Waals surface area contributed by atoms with Crippen molar-refractivity contribution < 1.29 is 9.47 Å². The van der Waals surface area contributed by atoms with Gasteiger partial charge in [0.05, 0.1) is 13.2 Å². The molecule has 0 aromatic carbocycles. The van der Waals surface area contributed by atoms with Crippen LogP contribution in [0.25, 0.3) is 0 Å². The molecule has 1 saturated heterocycles. The topological polar surface area (TPSA) is 55.1 Å². The molecule has 1 aromatic rings. The molecular weight excluding hydrogens is 216 g/mol. The van der Waals surface area contributed by atoms with Crippen molar-refractivity contribution in [2.75, 3.05) is 13.2 Å². The van der Waals surface area contributed by atoms with E-state index in [1.54, 1.807) is 12.1 Å². The summed E-state index contributed by atoms with van der Waals surface area (Å²) in [5, 5.41) is 8.96. The molecule has 15 heavy (non-hydrogen) atoms. The van der Waals surface area contributed by atoms with E-state index < -0.39 is 0 Å². The lowest BCUT2D eigenvalue weighted by Gasteiger charge is -2.11. The Kier molecular flexibility index (Phi) is 3.05. The van der Waals surface area contributed by atoms with Crippen LogP contribution >= 0.6 is 11.6 Å². The van der Waals surface area contributed by atoms with E-state index in [4.69, 9.17) is 26.3 Å². The van der Waals surface area contributed by atoms with Gasteiger partial charge in [-0.3, -0.25) is 0 Å². The van der Waals surface area contributed by atoms with Gasteiger partial charge in [-0.1, -0.05) is 11.6 Å². The maximum Gasteiger partial charge on any atom is 0.145 e. The number of pyridine rings is 1. The van der Waals surface area contributed by atoms with Gasteiger partial charge in [0.2, 0.25) is 0 Å². The first kappa shape index (κ1) is 10.2. The average Bonchev–Trinajstić information content (AvgIpc) is 2.69. The van der Waals surface area contributed by atoms with Crippen molar-refractivity contribution in [3.05, 3.63) is 23.0 Å². The zero-order chi connectivity index (χ0) is 10.7. The van der Waals surface area contributed by atoms with Gasteiger partial charge in [0, 0.05) is 18.6 Å². The molecule has 1 atom stereocenters. The molecule has 2 heterocycles. The number of hydrogen-bond donors (Lipinski definition) is 0. The van der Waals surface area contributed by atoms with E-state index in [2.05, 4.69) is 4.98 Å². The van der Waals surface area contributed by atoms with Gasteiger partial charge in [-0.15, -0.1) is 0 Å². The van der Waals surface area contributed by atoms with E-state index in [-0.39, 0.29) is 17.0 Å². The Morgan fingerprint density at radius 2 is 2.47 bits per heavy atom. The van der Waals surface area contributed by atoms with E-state index in [1.807, 2.05) is 6.07 Å². The Morgan fingerprint density at radius 3 is 3.13 bits per heavy atom. The maximum absolute atomic E-state index is 8.70. The lowest BCUT2D eigenvalue weighted by atomic mass is 10.3. The molecule has 1 fully saturated rings. The highest BCUT2D eigenvalue weighted by molar-refractivity contribution is 6.29. The fourth-order valence-corrected chi connectivity index (χ4v) is 1.60. The third-order valence-electron chi connectivity index (χ3n) is 2.07. The molecule has 0 bridgehead atoms. The minimum absolute atomic E-state index is 0.0509. The summed E-state index contributed by atoms with van der Waals surface area (Å²) in [7, 11) is 0. The lowest BCUT2D eigenvalue weighted by Crippen LogP contribution is -2.15. The third-order valence-corrected chi connectivity index (χ3v) is 2.27. The molecule has 0 N–H and O–H groups in total. The third kappa shape index (κ3) is 2.58. The van der Waals surface area contributed by atoms with Crippen molar-refractivity contribution in [3.63, 3.8) is 0 Å². The fourth-order valence-electron chi connectivity index (χ4n) is 1.40. The summed E-state index contributed by atoms with van der Waals surface area (Å²) in [6.07, 6.45) is 0.914. The highest BCUT2D eigenvalue weighted by atomic mass is 35.5. The van der Waals surface area contributed by atoms with Crippen LogP contribution in [0.4, 0.5) is 0 Å². The molecule has 0 spiro atoms. The van der Waals surface area contributed by atoms with Crippen molar-refractivity contribution in [1.29, 1.82) is 5.26 Å². The van der Waals surface area contributed by atoms with E-state index >= 15 is 0 Å². The minimum atomic E-state index is 0.0509. The molecule has 0 saturated carbocycles. The predicted molar refractivity (Wildman–Crippen MR) is 53.8 cm³/mol. The Balaban J connectivity index is 2.13. The fraction of sp³-hybridized carbons (Fsp3) is 0.400. The van der Waals surface area contributed by atoms with Gasteiger partial charge in [0.1, 0.15) is 28.8 Å². The van der Waals surface area contributed by atoms with Crippen molar-refractivity contribution in [2.24, 2.45) is 0 Å². The van der Waals surface area contributed by atoms with Crippen LogP contribution in [0.1, 0.15) is 12.1 Å². The summed E-state index contributed by atoms with van der Waals surface area (Å²) >= 11 is 5.74. The first-order chi connectivity index (χ1) is 7.28. The SMILES string of the molecule is N#Cc1cc(O[C@H]2CCOC2)cc(Cl)n1. The molecule has 5 heteroatoms. The second kappa shape index (κ2) is 4.47. The molecule has 78 valence electrons.